The van der Waals surface area contributed by atoms with Gasteiger partial charge in [0.25, 0.3) is 0 Å². The Labute approximate surface area is 628 Å². The summed E-state index contributed by atoms with van der Waals surface area (Å²) in [6.45, 7) is 86.3. The predicted molar refractivity (Wildman–Crippen MR) is 478 cm³/mol. The Morgan fingerprint density at radius 3 is 0.720 bits per heavy atom. The average molecular weight is 1440 g/mol. The molecule has 0 unspecified atom stereocenters. The molecule has 0 nitrogen and oxygen atoms in total. The van der Waals surface area contributed by atoms with Crippen LogP contribution in [0.3, 0.4) is 0 Å². The second-order valence-corrected chi connectivity index (χ2v) is 60.7. The van der Waals surface area contributed by atoms with Gasteiger partial charge in [0.1, 0.15) is 0 Å². The Hall–Kier alpha value is -4.38. The summed E-state index contributed by atoms with van der Waals surface area (Å²) in [5.74, 6) is 0. The zero-order chi connectivity index (χ0) is 77.1. The van der Waals surface area contributed by atoms with Crippen LogP contribution in [0.15, 0.2) is 115 Å². The fraction of sp³-hybridized carbons (Fsp3) is 0.558. The maximum Gasteiger partial charge on any atom is 0.0859 e. The van der Waals surface area contributed by atoms with Crippen LogP contribution in [0.4, 0.5) is 0 Å². The number of hydrogen-bond donors (Lipinski definition) is 0. The summed E-state index contributed by atoms with van der Waals surface area (Å²) < 4.78 is 0. The van der Waals surface area contributed by atoms with Crippen LogP contribution in [0.2, 0.25) is 96.7 Å². The molecule has 0 saturated carbocycles. The van der Waals surface area contributed by atoms with Crippen molar-refractivity contribution in [3.8, 4) is 0 Å². The SMILES string of the molecule is CCc1cc(C)c(C)cc1CC.CCc1cc([Si](C)(C)C)c([Si](C)(C)C)cc1CC.CCc1ccc(C(C)(C)C)cc1CC.CCc1ccc(C)cc1CC.CCc1ccc([Si](C)(C)C(C)(C)C)cc1CC.CCc1ccc([Si](C)(C)C)cc1CC.CCc1ccc([Si](C)(C)C)cc1CC. The Kier molecular flexibility index (Phi) is 39.8. The molecule has 0 fully saturated rings. The third kappa shape index (κ3) is 29.3. The normalized spacial score (nSPS) is 11.8. The minimum atomic E-state index is -1.36. The van der Waals surface area contributed by atoms with Crippen LogP contribution in [-0.2, 0) is 95.3 Å². The highest BCUT2D eigenvalue weighted by Gasteiger charge is 2.37. The van der Waals surface area contributed by atoms with Gasteiger partial charge in [-0.3, -0.25) is 0 Å². The summed E-state index contributed by atoms with van der Waals surface area (Å²) in [5, 5.41) is 8.65. The van der Waals surface area contributed by atoms with Gasteiger partial charge in [-0.2, -0.15) is 0 Å². The number of rotatable bonds is 19. The highest BCUT2D eigenvalue weighted by atomic mass is 28.3. The van der Waals surface area contributed by atoms with Crippen LogP contribution < -0.4 is 25.9 Å². The van der Waals surface area contributed by atoms with Gasteiger partial charge in [0.05, 0.1) is 40.4 Å². The Bertz CT molecular complexity index is 3320. The van der Waals surface area contributed by atoms with Crippen LogP contribution in [0.1, 0.15) is 239 Å². The van der Waals surface area contributed by atoms with Crippen molar-refractivity contribution in [3.63, 3.8) is 0 Å². The lowest BCUT2D eigenvalue weighted by molar-refractivity contribution is 0.589. The molecule has 0 aliphatic rings. The number of benzene rings is 7. The summed E-state index contributed by atoms with van der Waals surface area (Å²) in [6.07, 6.45) is 16.2. The molecule has 7 aromatic rings. The quantitative estimate of drug-likeness (QED) is 0.0708. The van der Waals surface area contributed by atoms with Gasteiger partial charge in [-0.05, 0) is 216 Å². The molecule has 0 bridgehead atoms. The van der Waals surface area contributed by atoms with Gasteiger partial charge in [0.2, 0.25) is 0 Å². The smallest absolute Gasteiger partial charge is 0.0656 e. The molecule has 0 spiro atoms. The Balaban J connectivity index is 0.000000586. The lowest BCUT2D eigenvalue weighted by Crippen LogP contribution is -2.56. The van der Waals surface area contributed by atoms with E-state index in [2.05, 4.69) is 366 Å². The van der Waals surface area contributed by atoms with Crippen molar-refractivity contribution >= 4 is 66.3 Å². The van der Waals surface area contributed by atoms with Crippen LogP contribution in [0.5, 0.6) is 0 Å². The van der Waals surface area contributed by atoms with Crippen LogP contribution in [0.25, 0.3) is 0 Å². The number of hydrogen-bond acceptors (Lipinski definition) is 0. The van der Waals surface area contributed by atoms with E-state index in [0.717, 1.165) is 64.2 Å². The van der Waals surface area contributed by atoms with Crippen LogP contribution >= 0.6 is 0 Å². The molecule has 0 aliphatic carbocycles. The summed E-state index contributed by atoms with van der Waals surface area (Å²) in [7, 11) is -6.07. The summed E-state index contributed by atoms with van der Waals surface area (Å²) in [6, 6.07) is 44.9. The molecule has 0 heterocycles. The minimum absolute atomic E-state index is 0.274. The minimum Gasteiger partial charge on any atom is -0.0656 e. The first-order chi connectivity index (χ1) is 46.3. The first-order valence-corrected chi connectivity index (χ1v) is 57.1. The van der Waals surface area contributed by atoms with Gasteiger partial charge in [0, 0.05) is 0 Å². The monoisotopic (exact) mass is 1440 g/mol. The third-order valence-corrected chi connectivity index (χ3v) is 35.4. The second kappa shape index (κ2) is 42.5. The first-order valence-electron chi connectivity index (χ1n) is 40.1. The van der Waals surface area contributed by atoms with E-state index in [-0.39, 0.29) is 5.41 Å². The van der Waals surface area contributed by atoms with E-state index in [1.54, 1.807) is 53.8 Å². The molecule has 7 rings (SSSR count). The summed E-state index contributed by atoms with van der Waals surface area (Å²) >= 11 is 0. The Morgan fingerprint density at radius 2 is 0.460 bits per heavy atom. The molecule has 0 aliphatic heterocycles. The van der Waals surface area contributed by atoms with Gasteiger partial charge < -0.3 is 0 Å². The van der Waals surface area contributed by atoms with E-state index in [1.807, 2.05) is 0 Å². The molecule has 0 N–H and O–H groups in total. The number of aryl methyl sites for hydroxylation is 17. The van der Waals surface area contributed by atoms with Crippen LogP contribution in [-0.4, -0.2) is 40.4 Å². The zero-order valence-corrected chi connectivity index (χ0v) is 77.9. The van der Waals surface area contributed by atoms with E-state index in [0.29, 0.717) is 5.04 Å². The highest BCUT2D eigenvalue weighted by molar-refractivity contribution is 6.98. The first kappa shape index (κ1) is 93.6. The largest absolute Gasteiger partial charge is 0.0859 e. The molecule has 0 amide bonds. The molecule has 558 valence electrons. The summed E-state index contributed by atoms with van der Waals surface area (Å²) in [5.41, 5.74) is 27.4. The Morgan fingerprint density at radius 1 is 0.230 bits per heavy atom. The van der Waals surface area contributed by atoms with E-state index in [9.17, 15) is 0 Å². The van der Waals surface area contributed by atoms with Crippen molar-refractivity contribution in [1.29, 1.82) is 0 Å². The third-order valence-electron chi connectivity index (χ3n) is 21.5. The summed E-state index contributed by atoms with van der Waals surface area (Å²) in [4.78, 5) is 0. The fourth-order valence-electron chi connectivity index (χ4n) is 13.0. The van der Waals surface area contributed by atoms with E-state index in [4.69, 9.17) is 0 Å². The molecular formula is C95H158Si5. The van der Waals surface area contributed by atoms with Crippen molar-refractivity contribution in [2.45, 2.75) is 351 Å². The van der Waals surface area contributed by atoms with Gasteiger partial charge in [-0.1, -0.05) is 377 Å². The molecule has 5 heteroatoms. The van der Waals surface area contributed by atoms with E-state index < -0.39 is 40.4 Å². The van der Waals surface area contributed by atoms with Gasteiger partial charge in [-0.15, -0.1) is 0 Å². The standard InChI is InChI=1S/C16H30Si2.C16H28Si.C14H22.2C13H22Si.C12H18.C11H16/c1-9-13-11-15(17(3,4)5)16(18(6,7)8)12-14(13)10-2;1-8-13-10-11-15(12-14(13)9-2)17(6,7)16(3,4)5;3*1-6-11-8-9-13(14(3,4)5)10-12(11)7-2;1-5-11-7-9(3)10(4)8-12(11)6-2;1-4-10-7-6-9(3)8-11(10)5-2/h11-12H,9-10H2,1-8H3;10-12H,8-9H2,1-7H3;3*8-10H,6-7H2,1-5H3;7-8H,5-6H2,1-4H3;6-8H,4-5H2,1-3H3. The highest BCUT2D eigenvalue weighted by Crippen LogP contribution is 2.36. The molecule has 0 aromatic heterocycles. The topological polar surface area (TPSA) is 0 Å². The lowest BCUT2D eigenvalue weighted by atomic mass is 9.84. The van der Waals surface area contributed by atoms with E-state index >= 15 is 0 Å². The molecule has 0 radical (unpaired) electrons. The molecule has 0 atom stereocenters. The predicted octanol–water partition coefficient (Wildman–Crippen LogP) is 25.8. The van der Waals surface area contributed by atoms with Gasteiger partial charge >= 0.3 is 0 Å². The van der Waals surface area contributed by atoms with Gasteiger partial charge in [0.15, 0.2) is 0 Å². The second-order valence-electron chi connectivity index (χ2n) is 35.2. The van der Waals surface area contributed by atoms with Crippen molar-refractivity contribution in [3.05, 3.63) is 215 Å². The maximum absolute atomic E-state index is 2.55. The maximum atomic E-state index is 2.55. The molecule has 100 heavy (non-hydrogen) atoms. The molecular weight excluding hydrogens is 1280 g/mol. The van der Waals surface area contributed by atoms with Gasteiger partial charge in [-0.25, -0.2) is 0 Å². The van der Waals surface area contributed by atoms with Crippen molar-refractivity contribution in [1.82, 2.24) is 0 Å². The average Bonchev–Trinajstić information content (AvgIpc) is 0.786. The van der Waals surface area contributed by atoms with Crippen molar-refractivity contribution in [2.24, 2.45) is 0 Å². The fourth-order valence-corrected chi connectivity index (χ4v) is 22.5. The molecule has 0 saturated heterocycles. The molecule has 7 aromatic carbocycles. The lowest BCUT2D eigenvalue weighted by Gasteiger charge is -2.37. The van der Waals surface area contributed by atoms with Crippen LogP contribution in [0, 0.1) is 20.8 Å². The van der Waals surface area contributed by atoms with Crippen molar-refractivity contribution < 1.29 is 0 Å². The van der Waals surface area contributed by atoms with E-state index in [1.165, 1.54) is 98.0 Å². The zero-order valence-electron chi connectivity index (χ0n) is 72.9. The van der Waals surface area contributed by atoms with Crippen molar-refractivity contribution in [2.75, 3.05) is 0 Å².